The largest absolute Gasteiger partial charge is 0.374 e. The van der Waals surface area contributed by atoms with Crippen molar-refractivity contribution in [1.82, 2.24) is 15.1 Å². The van der Waals surface area contributed by atoms with Gasteiger partial charge in [-0.2, -0.15) is 0 Å². The molecule has 0 aliphatic carbocycles. The fraction of sp³-hybridized carbons (Fsp3) is 0.517. The van der Waals surface area contributed by atoms with Crippen LogP contribution in [0.5, 0.6) is 0 Å². The molecule has 2 aliphatic heterocycles. The van der Waals surface area contributed by atoms with E-state index >= 15 is 0 Å². The van der Waals surface area contributed by atoms with E-state index in [1.807, 2.05) is 35.2 Å². The van der Waals surface area contributed by atoms with Gasteiger partial charge in [0.2, 0.25) is 11.8 Å². The zero-order chi connectivity index (χ0) is 24.5. The van der Waals surface area contributed by atoms with Gasteiger partial charge in [-0.25, -0.2) is 0 Å². The van der Waals surface area contributed by atoms with E-state index in [1.54, 1.807) is 0 Å². The second-order valence-electron chi connectivity index (χ2n) is 9.83. The van der Waals surface area contributed by atoms with Crippen LogP contribution in [0.25, 0.3) is 0 Å². The zero-order valence-corrected chi connectivity index (χ0v) is 21.0. The maximum Gasteiger partial charge on any atom is 0.248 e. The van der Waals surface area contributed by atoms with Crippen molar-refractivity contribution >= 4 is 11.8 Å². The van der Waals surface area contributed by atoms with Crippen LogP contribution in [0.1, 0.15) is 50.2 Å². The lowest BCUT2D eigenvalue weighted by Crippen LogP contribution is -2.73. The Labute approximate surface area is 209 Å². The standard InChI is InChI=1S/C29H39N3O3/c1-2-18-32-27(33)26(23-35-22-25-14-7-4-8-15-25)30-28(34)29(32)16-20-31(21-17-29)19-10-9-13-24-11-5-3-6-12-24/h3-8,11-12,14-15,26H,2,9-10,13,16-23H2,1H3,(H,30,34). The van der Waals surface area contributed by atoms with Gasteiger partial charge in [0.05, 0.1) is 13.2 Å². The molecule has 1 atom stereocenters. The number of carbonyl (C=O) groups is 2. The Morgan fingerprint density at radius 1 is 0.914 bits per heavy atom. The van der Waals surface area contributed by atoms with Gasteiger partial charge in [0.1, 0.15) is 11.6 Å². The molecule has 1 unspecified atom stereocenters. The molecule has 1 N–H and O–H groups in total. The Bertz CT molecular complexity index is 942. The van der Waals surface area contributed by atoms with Gasteiger partial charge in [-0.3, -0.25) is 9.59 Å². The molecule has 2 amide bonds. The third-order valence-electron chi connectivity index (χ3n) is 7.37. The summed E-state index contributed by atoms with van der Waals surface area (Å²) in [7, 11) is 0. The number of piperidine rings is 1. The molecule has 4 rings (SSSR count). The smallest absolute Gasteiger partial charge is 0.248 e. The lowest BCUT2D eigenvalue weighted by molar-refractivity contribution is -0.163. The summed E-state index contributed by atoms with van der Waals surface area (Å²) in [5.41, 5.74) is 1.73. The number of rotatable bonds is 11. The minimum atomic E-state index is -0.719. The first-order valence-electron chi connectivity index (χ1n) is 13.1. The zero-order valence-electron chi connectivity index (χ0n) is 21.0. The molecule has 188 valence electrons. The average Bonchev–Trinajstić information content (AvgIpc) is 2.90. The highest BCUT2D eigenvalue weighted by atomic mass is 16.5. The molecule has 0 aromatic heterocycles. The van der Waals surface area contributed by atoms with E-state index in [0.717, 1.165) is 50.9 Å². The van der Waals surface area contributed by atoms with Crippen molar-refractivity contribution in [2.45, 2.75) is 63.6 Å². The predicted octanol–water partition coefficient (Wildman–Crippen LogP) is 3.80. The number of aryl methyl sites for hydroxylation is 1. The van der Waals surface area contributed by atoms with Crippen LogP contribution in [0, 0.1) is 0 Å². The lowest BCUT2D eigenvalue weighted by Gasteiger charge is -2.51. The van der Waals surface area contributed by atoms with Crippen LogP contribution in [-0.4, -0.2) is 66.0 Å². The van der Waals surface area contributed by atoms with Gasteiger partial charge in [0, 0.05) is 19.6 Å². The normalized spacial score (nSPS) is 20.3. The van der Waals surface area contributed by atoms with E-state index in [0.29, 0.717) is 26.0 Å². The van der Waals surface area contributed by atoms with Crippen molar-refractivity contribution in [3.05, 3.63) is 71.8 Å². The number of carbonyl (C=O) groups excluding carboxylic acids is 2. The molecule has 0 bridgehead atoms. The summed E-state index contributed by atoms with van der Waals surface area (Å²) < 4.78 is 5.81. The Morgan fingerprint density at radius 2 is 1.57 bits per heavy atom. The number of unbranched alkanes of at least 4 members (excludes halogenated alkanes) is 1. The molecule has 2 heterocycles. The van der Waals surface area contributed by atoms with Crippen LogP contribution in [0.2, 0.25) is 0 Å². The lowest BCUT2D eigenvalue weighted by atomic mass is 9.81. The number of amides is 2. The van der Waals surface area contributed by atoms with Crippen molar-refractivity contribution < 1.29 is 14.3 Å². The number of nitrogens with zero attached hydrogens (tertiary/aromatic N) is 2. The third-order valence-corrected chi connectivity index (χ3v) is 7.37. The van der Waals surface area contributed by atoms with Crippen molar-refractivity contribution in [1.29, 1.82) is 0 Å². The number of benzene rings is 2. The monoisotopic (exact) mass is 477 g/mol. The van der Waals surface area contributed by atoms with Crippen molar-refractivity contribution in [2.24, 2.45) is 0 Å². The van der Waals surface area contributed by atoms with E-state index in [2.05, 4.69) is 47.5 Å². The van der Waals surface area contributed by atoms with Gasteiger partial charge in [0.25, 0.3) is 0 Å². The number of ether oxygens (including phenoxy) is 1. The molecule has 6 nitrogen and oxygen atoms in total. The van der Waals surface area contributed by atoms with Crippen molar-refractivity contribution in [2.75, 3.05) is 32.8 Å². The highest BCUT2D eigenvalue weighted by molar-refractivity contribution is 6.00. The van der Waals surface area contributed by atoms with E-state index < -0.39 is 11.6 Å². The number of likely N-dealkylation sites (tertiary alicyclic amines) is 1. The second-order valence-corrected chi connectivity index (χ2v) is 9.83. The summed E-state index contributed by atoms with van der Waals surface area (Å²) in [4.78, 5) is 31.1. The first-order chi connectivity index (χ1) is 17.1. The summed E-state index contributed by atoms with van der Waals surface area (Å²) in [6.45, 7) is 6.04. The van der Waals surface area contributed by atoms with Crippen LogP contribution < -0.4 is 5.32 Å². The summed E-state index contributed by atoms with van der Waals surface area (Å²) in [5, 5.41) is 3.01. The molecule has 6 heteroatoms. The third kappa shape index (κ3) is 6.30. The van der Waals surface area contributed by atoms with Crippen LogP contribution in [0.3, 0.4) is 0 Å². The van der Waals surface area contributed by atoms with Gasteiger partial charge in [0.15, 0.2) is 0 Å². The van der Waals surface area contributed by atoms with Gasteiger partial charge in [-0.15, -0.1) is 0 Å². The Kier molecular flexibility index (Phi) is 8.94. The summed E-state index contributed by atoms with van der Waals surface area (Å²) in [6, 6.07) is 19.9. The Hall–Kier alpha value is -2.70. The summed E-state index contributed by atoms with van der Waals surface area (Å²) >= 11 is 0. The van der Waals surface area contributed by atoms with Gasteiger partial charge in [-0.1, -0.05) is 67.6 Å². The highest BCUT2D eigenvalue weighted by Crippen LogP contribution is 2.33. The summed E-state index contributed by atoms with van der Waals surface area (Å²) in [6.07, 6.45) is 5.64. The quantitative estimate of drug-likeness (QED) is 0.500. The minimum Gasteiger partial charge on any atom is -0.374 e. The molecule has 2 aromatic rings. The maximum absolute atomic E-state index is 13.4. The maximum atomic E-state index is 13.4. The molecule has 2 aromatic carbocycles. The number of hydrogen-bond acceptors (Lipinski definition) is 4. The molecule has 0 radical (unpaired) electrons. The molecule has 0 saturated carbocycles. The van der Waals surface area contributed by atoms with E-state index in [-0.39, 0.29) is 18.4 Å². The Morgan fingerprint density at radius 3 is 2.23 bits per heavy atom. The Balaban J connectivity index is 1.28. The van der Waals surface area contributed by atoms with E-state index in [1.165, 1.54) is 5.56 Å². The SMILES string of the molecule is CCCN1C(=O)C(COCc2ccccc2)NC(=O)C12CCN(CCCCc1ccccc1)CC2. The van der Waals surface area contributed by atoms with Crippen LogP contribution in [0.4, 0.5) is 0 Å². The highest BCUT2D eigenvalue weighted by Gasteiger charge is 2.53. The number of piperazine rings is 1. The van der Waals surface area contributed by atoms with Crippen LogP contribution in [-0.2, 0) is 27.4 Å². The average molecular weight is 478 g/mol. The first-order valence-corrected chi connectivity index (χ1v) is 13.1. The molecule has 35 heavy (non-hydrogen) atoms. The van der Waals surface area contributed by atoms with Crippen LogP contribution >= 0.6 is 0 Å². The van der Waals surface area contributed by atoms with Crippen LogP contribution in [0.15, 0.2) is 60.7 Å². The number of nitrogens with one attached hydrogen (secondary N) is 1. The molecule has 2 saturated heterocycles. The van der Waals surface area contributed by atoms with Gasteiger partial charge >= 0.3 is 0 Å². The van der Waals surface area contributed by atoms with Gasteiger partial charge < -0.3 is 19.9 Å². The summed E-state index contributed by atoms with van der Waals surface area (Å²) in [5.74, 6) is -0.0154. The molecular formula is C29H39N3O3. The molecular weight excluding hydrogens is 438 g/mol. The minimum absolute atomic E-state index is 0.00387. The second kappa shape index (κ2) is 12.3. The first kappa shape index (κ1) is 25.4. The van der Waals surface area contributed by atoms with E-state index in [9.17, 15) is 9.59 Å². The van der Waals surface area contributed by atoms with Crippen molar-refractivity contribution in [3.8, 4) is 0 Å². The molecule has 2 fully saturated rings. The predicted molar refractivity (Wildman–Crippen MR) is 138 cm³/mol. The van der Waals surface area contributed by atoms with Gasteiger partial charge in [-0.05, 0) is 56.2 Å². The topological polar surface area (TPSA) is 61.9 Å². The molecule has 1 spiro atoms. The fourth-order valence-corrected chi connectivity index (χ4v) is 5.36. The molecule has 2 aliphatic rings. The number of hydrogen-bond donors (Lipinski definition) is 1. The van der Waals surface area contributed by atoms with Crippen molar-refractivity contribution in [3.63, 3.8) is 0 Å². The fourth-order valence-electron chi connectivity index (χ4n) is 5.36. The van der Waals surface area contributed by atoms with E-state index in [4.69, 9.17) is 4.74 Å².